The molecule has 3 aromatic rings. The first-order valence-electron chi connectivity index (χ1n) is 9.64. The average Bonchev–Trinajstić information content (AvgIpc) is 3.33. The Hall–Kier alpha value is -2.81. The van der Waals surface area contributed by atoms with Gasteiger partial charge in [0.25, 0.3) is 0 Å². The van der Waals surface area contributed by atoms with Crippen molar-refractivity contribution in [1.82, 2.24) is 9.97 Å². The fourth-order valence-electron chi connectivity index (χ4n) is 3.41. The van der Waals surface area contributed by atoms with Gasteiger partial charge in [0.1, 0.15) is 15.8 Å². The van der Waals surface area contributed by atoms with Crippen molar-refractivity contribution in [2.75, 3.05) is 18.0 Å². The molecular weight excluding hydrogens is 461 g/mol. The first-order valence-corrected chi connectivity index (χ1v) is 11.3. The van der Waals surface area contributed by atoms with Gasteiger partial charge >= 0.3 is 6.18 Å². The van der Waals surface area contributed by atoms with E-state index in [0.717, 1.165) is 17.0 Å². The Morgan fingerprint density at radius 1 is 1.22 bits per heavy atom. The summed E-state index contributed by atoms with van der Waals surface area (Å²) in [5.41, 5.74) is 1.17. The van der Waals surface area contributed by atoms with Gasteiger partial charge in [0.05, 0.1) is 53.3 Å². The number of carbonyl (C=O) groups excluding carboxylic acids is 1. The lowest BCUT2D eigenvalue weighted by Crippen LogP contribution is -2.50. The van der Waals surface area contributed by atoms with Crippen molar-refractivity contribution in [1.29, 1.82) is 5.26 Å². The van der Waals surface area contributed by atoms with E-state index < -0.39 is 11.7 Å². The number of carbonyl (C=O) groups is 1. The Balaban J connectivity index is 1.36. The standard InChI is InChI=1S/C21H17F3N4O2S2/c22-21(23,24)13-1-3-14(4-2-13)28-8-12(9-28)17(30)7-18-27-16(11-31-18)20-15(5-6-25)26-19(10-29)32-20/h1-4,11-12,29H,5,7-10H2. The molecule has 166 valence electrons. The van der Waals surface area contributed by atoms with Crippen LogP contribution in [0.2, 0.25) is 0 Å². The largest absolute Gasteiger partial charge is 0.416 e. The lowest BCUT2D eigenvalue weighted by atomic mass is 9.92. The number of benzene rings is 1. The van der Waals surface area contributed by atoms with Gasteiger partial charge in [-0.3, -0.25) is 4.79 Å². The van der Waals surface area contributed by atoms with E-state index >= 15 is 0 Å². The molecule has 1 saturated heterocycles. The van der Waals surface area contributed by atoms with Crippen LogP contribution in [-0.2, 0) is 30.4 Å². The predicted molar refractivity (Wildman–Crippen MR) is 114 cm³/mol. The molecule has 1 N–H and O–H groups in total. The lowest BCUT2D eigenvalue weighted by Gasteiger charge is -2.40. The van der Waals surface area contributed by atoms with Crippen LogP contribution >= 0.6 is 22.7 Å². The van der Waals surface area contributed by atoms with Crippen LogP contribution in [0.25, 0.3) is 10.6 Å². The molecule has 1 aliphatic heterocycles. The average molecular weight is 479 g/mol. The summed E-state index contributed by atoms with van der Waals surface area (Å²) < 4.78 is 38.1. The molecule has 0 aliphatic carbocycles. The number of aromatic nitrogens is 2. The van der Waals surface area contributed by atoms with Gasteiger partial charge < -0.3 is 10.0 Å². The minimum Gasteiger partial charge on any atom is -0.389 e. The van der Waals surface area contributed by atoms with Crippen molar-refractivity contribution in [3.05, 3.63) is 50.9 Å². The zero-order valence-electron chi connectivity index (χ0n) is 16.6. The third kappa shape index (κ3) is 4.67. The molecule has 0 saturated carbocycles. The molecule has 0 spiro atoms. The molecule has 4 rings (SSSR count). The first kappa shape index (κ1) is 22.4. The Morgan fingerprint density at radius 3 is 2.56 bits per heavy atom. The summed E-state index contributed by atoms with van der Waals surface area (Å²) in [6, 6.07) is 6.99. The number of hydrogen-bond donors (Lipinski definition) is 1. The van der Waals surface area contributed by atoms with Crippen LogP contribution in [0, 0.1) is 17.2 Å². The maximum Gasteiger partial charge on any atom is 0.416 e. The summed E-state index contributed by atoms with van der Waals surface area (Å²) in [6.07, 6.45) is -4.08. The number of ketones is 1. The highest BCUT2D eigenvalue weighted by atomic mass is 32.1. The number of rotatable bonds is 7. The third-order valence-electron chi connectivity index (χ3n) is 5.13. The van der Waals surface area contributed by atoms with E-state index in [1.165, 1.54) is 34.8 Å². The van der Waals surface area contributed by atoms with Crippen molar-refractivity contribution >= 4 is 34.1 Å². The van der Waals surface area contributed by atoms with E-state index in [1.807, 2.05) is 10.3 Å². The Labute approximate surface area is 189 Å². The van der Waals surface area contributed by atoms with E-state index in [1.54, 1.807) is 0 Å². The van der Waals surface area contributed by atoms with Crippen LogP contribution in [0.3, 0.4) is 0 Å². The maximum absolute atomic E-state index is 12.7. The molecular formula is C21H17F3N4O2S2. The van der Waals surface area contributed by atoms with Gasteiger partial charge in [0.2, 0.25) is 0 Å². The normalized spacial score (nSPS) is 14.3. The highest BCUT2D eigenvalue weighted by Gasteiger charge is 2.34. The van der Waals surface area contributed by atoms with Crippen molar-refractivity contribution in [2.24, 2.45) is 5.92 Å². The van der Waals surface area contributed by atoms with Crippen LogP contribution in [0.1, 0.15) is 21.3 Å². The van der Waals surface area contributed by atoms with E-state index in [-0.39, 0.29) is 31.1 Å². The fraction of sp³-hybridized carbons (Fsp3) is 0.333. The summed E-state index contributed by atoms with van der Waals surface area (Å²) in [7, 11) is 0. The zero-order valence-corrected chi connectivity index (χ0v) is 18.2. The van der Waals surface area contributed by atoms with E-state index in [0.29, 0.717) is 40.2 Å². The summed E-state index contributed by atoms with van der Waals surface area (Å²) in [6.45, 7) is 0.711. The van der Waals surface area contributed by atoms with Crippen molar-refractivity contribution in [3.63, 3.8) is 0 Å². The highest BCUT2D eigenvalue weighted by molar-refractivity contribution is 7.16. The number of aliphatic hydroxyl groups excluding tert-OH is 1. The van der Waals surface area contributed by atoms with Crippen LogP contribution < -0.4 is 4.90 Å². The van der Waals surface area contributed by atoms with Crippen molar-refractivity contribution in [3.8, 4) is 16.6 Å². The lowest BCUT2D eigenvalue weighted by molar-refractivity contribution is -0.137. The van der Waals surface area contributed by atoms with Gasteiger partial charge in [-0.25, -0.2) is 9.97 Å². The van der Waals surface area contributed by atoms with E-state index in [4.69, 9.17) is 5.26 Å². The van der Waals surface area contributed by atoms with Gasteiger partial charge in [0.15, 0.2) is 0 Å². The quantitative estimate of drug-likeness (QED) is 0.550. The van der Waals surface area contributed by atoms with Crippen molar-refractivity contribution in [2.45, 2.75) is 25.6 Å². The van der Waals surface area contributed by atoms with Gasteiger partial charge in [-0.15, -0.1) is 22.7 Å². The third-order valence-corrected chi connectivity index (χ3v) is 7.08. The Morgan fingerprint density at radius 2 is 1.94 bits per heavy atom. The molecule has 1 aliphatic rings. The van der Waals surface area contributed by atoms with Crippen LogP contribution in [0.4, 0.5) is 18.9 Å². The van der Waals surface area contributed by atoms with Gasteiger partial charge in [-0.1, -0.05) is 0 Å². The maximum atomic E-state index is 12.7. The van der Waals surface area contributed by atoms with Gasteiger partial charge in [-0.2, -0.15) is 18.4 Å². The molecule has 0 amide bonds. The van der Waals surface area contributed by atoms with Gasteiger partial charge in [0, 0.05) is 24.2 Å². The number of Topliss-reactive ketones (excluding diaryl/α,β-unsaturated/α-hetero) is 1. The molecule has 0 unspecified atom stereocenters. The molecule has 0 atom stereocenters. The topological polar surface area (TPSA) is 90.1 Å². The summed E-state index contributed by atoms with van der Waals surface area (Å²) in [5.74, 6) is -0.158. The summed E-state index contributed by atoms with van der Waals surface area (Å²) >= 11 is 2.63. The first-order chi connectivity index (χ1) is 15.3. The number of aliphatic hydroxyl groups is 1. The number of anilines is 1. The number of thiazole rings is 2. The molecule has 3 heterocycles. The Kier molecular flexibility index (Phi) is 6.28. The smallest absolute Gasteiger partial charge is 0.389 e. The van der Waals surface area contributed by atoms with Crippen LogP contribution in [-0.4, -0.2) is 33.9 Å². The van der Waals surface area contributed by atoms with E-state index in [2.05, 4.69) is 16.0 Å². The molecule has 32 heavy (non-hydrogen) atoms. The second-order valence-corrected chi connectivity index (χ2v) is 9.32. The molecule has 1 fully saturated rings. The number of alkyl halides is 3. The van der Waals surface area contributed by atoms with Crippen LogP contribution in [0.15, 0.2) is 29.6 Å². The minimum absolute atomic E-state index is 0.0339. The van der Waals surface area contributed by atoms with Crippen LogP contribution in [0.5, 0.6) is 0 Å². The second-order valence-electron chi connectivity index (χ2n) is 7.29. The summed E-state index contributed by atoms with van der Waals surface area (Å²) in [5, 5.41) is 21.3. The fourth-order valence-corrected chi connectivity index (χ4v) is 5.18. The molecule has 0 radical (unpaired) electrons. The number of halogens is 3. The summed E-state index contributed by atoms with van der Waals surface area (Å²) in [4.78, 5) is 24.0. The highest BCUT2D eigenvalue weighted by Crippen LogP contribution is 2.34. The number of nitriles is 1. The predicted octanol–water partition coefficient (Wildman–Crippen LogP) is 4.09. The minimum atomic E-state index is -4.37. The SMILES string of the molecule is N#CCc1nc(CO)sc1-c1csc(CC(=O)C2CN(c3ccc(C(F)(F)F)cc3)C2)n1. The zero-order chi connectivity index (χ0) is 22.9. The van der Waals surface area contributed by atoms with E-state index in [9.17, 15) is 23.1 Å². The van der Waals surface area contributed by atoms with Gasteiger partial charge in [-0.05, 0) is 24.3 Å². The molecule has 2 aromatic heterocycles. The molecule has 1 aromatic carbocycles. The number of hydrogen-bond acceptors (Lipinski definition) is 8. The van der Waals surface area contributed by atoms with Crippen molar-refractivity contribution < 1.29 is 23.1 Å². The number of nitrogens with zero attached hydrogens (tertiary/aromatic N) is 4. The second kappa shape index (κ2) is 8.97. The molecule has 6 nitrogen and oxygen atoms in total. The molecule has 0 bridgehead atoms. The molecule has 11 heteroatoms. The Bertz CT molecular complexity index is 1160. The monoisotopic (exact) mass is 478 g/mol.